The van der Waals surface area contributed by atoms with Crippen molar-refractivity contribution in [1.29, 1.82) is 0 Å². The molecule has 7 nitrogen and oxygen atoms in total. The average molecular weight is 357 g/mol. The molecule has 3 aromatic rings. The summed E-state index contributed by atoms with van der Waals surface area (Å²) in [7, 11) is 1.60. The molecule has 8 heteroatoms. The molecule has 3 rings (SSSR count). The third kappa shape index (κ3) is 3.74. The Morgan fingerprint density at radius 1 is 1.32 bits per heavy atom. The van der Waals surface area contributed by atoms with E-state index in [2.05, 4.69) is 10.3 Å². The van der Waals surface area contributed by atoms with Crippen LogP contribution < -0.4 is 10.1 Å². The number of nitro benzene ring substituents is 1. The first-order valence-electron chi connectivity index (χ1n) is 7.44. The number of hydrogen-bond acceptors (Lipinski definition) is 6. The van der Waals surface area contributed by atoms with Crippen LogP contribution in [0.2, 0.25) is 0 Å². The van der Waals surface area contributed by atoms with Crippen LogP contribution in [0, 0.1) is 17.0 Å². The Balaban J connectivity index is 1.73. The first kappa shape index (κ1) is 16.8. The van der Waals surface area contributed by atoms with Crippen LogP contribution in [0.15, 0.2) is 36.4 Å². The molecule has 25 heavy (non-hydrogen) atoms. The average Bonchev–Trinajstić information content (AvgIpc) is 2.95. The molecule has 1 amide bonds. The van der Waals surface area contributed by atoms with Gasteiger partial charge in [-0.2, -0.15) is 0 Å². The first-order valence-corrected chi connectivity index (χ1v) is 8.26. The number of carbonyl (C=O) groups is 1. The summed E-state index contributed by atoms with van der Waals surface area (Å²) in [6, 6.07) is 10.00. The molecule has 1 N–H and O–H groups in total. The van der Waals surface area contributed by atoms with E-state index in [-0.39, 0.29) is 18.0 Å². The number of carbonyl (C=O) groups excluding carboxylic acids is 1. The molecular weight excluding hydrogens is 342 g/mol. The van der Waals surface area contributed by atoms with Gasteiger partial charge >= 0.3 is 0 Å². The number of amides is 1. The Morgan fingerprint density at radius 2 is 2.12 bits per heavy atom. The monoisotopic (exact) mass is 357 g/mol. The van der Waals surface area contributed by atoms with Crippen molar-refractivity contribution < 1.29 is 14.5 Å². The van der Waals surface area contributed by atoms with Gasteiger partial charge in [0.25, 0.3) is 5.69 Å². The molecule has 0 aliphatic rings. The van der Waals surface area contributed by atoms with E-state index in [1.807, 2.05) is 25.1 Å². The lowest BCUT2D eigenvalue weighted by atomic mass is 10.1. The molecule has 0 saturated heterocycles. The van der Waals surface area contributed by atoms with Gasteiger partial charge in [-0.15, -0.1) is 0 Å². The topological polar surface area (TPSA) is 94.4 Å². The van der Waals surface area contributed by atoms with Crippen molar-refractivity contribution in [2.45, 2.75) is 13.3 Å². The molecule has 0 unspecified atom stereocenters. The summed E-state index contributed by atoms with van der Waals surface area (Å²) < 4.78 is 5.86. The highest BCUT2D eigenvalue weighted by Gasteiger charge is 2.12. The van der Waals surface area contributed by atoms with Crippen LogP contribution in [0.5, 0.6) is 5.75 Å². The summed E-state index contributed by atoms with van der Waals surface area (Å²) in [6.45, 7) is 1.92. The summed E-state index contributed by atoms with van der Waals surface area (Å²) in [5.41, 5.74) is 2.45. The Labute approximate surface area is 147 Å². The van der Waals surface area contributed by atoms with Gasteiger partial charge in [0.15, 0.2) is 5.13 Å². The minimum Gasteiger partial charge on any atom is -0.496 e. The van der Waals surface area contributed by atoms with Crippen LogP contribution in [-0.2, 0) is 11.2 Å². The van der Waals surface area contributed by atoms with Gasteiger partial charge in [0, 0.05) is 12.1 Å². The summed E-state index contributed by atoms with van der Waals surface area (Å²) in [4.78, 5) is 26.9. The number of nitrogens with one attached hydrogen (secondary N) is 1. The highest BCUT2D eigenvalue weighted by molar-refractivity contribution is 7.22. The SMILES string of the molecule is COc1ccc(CC(=O)Nc2nc3ccc([N+](=O)[O-])cc3s2)cc1C. The van der Waals surface area contributed by atoms with Gasteiger partial charge in [0.1, 0.15) is 5.75 Å². The predicted molar refractivity (Wildman–Crippen MR) is 96.3 cm³/mol. The number of nitro groups is 1. The quantitative estimate of drug-likeness (QED) is 0.555. The lowest BCUT2D eigenvalue weighted by Gasteiger charge is -2.07. The fourth-order valence-corrected chi connectivity index (χ4v) is 3.39. The first-order chi connectivity index (χ1) is 12.0. The van der Waals surface area contributed by atoms with E-state index in [4.69, 9.17) is 4.74 Å². The molecule has 0 saturated carbocycles. The van der Waals surface area contributed by atoms with E-state index in [0.29, 0.717) is 15.3 Å². The minimum absolute atomic E-state index is 0.00253. The van der Waals surface area contributed by atoms with E-state index in [9.17, 15) is 14.9 Å². The van der Waals surface area contributed by atoms with E-state index < -0.39 is 4.92 Å². The summed E-state index contributed by atoms with van der Waals surface area (Å²) in [5, 5.41) is 14.0. The zero-order valence-electron chi connectivity index (χ0n) is 13.6. The summed E-state index contributed by atoms with van der Waals surface area (Å²) in [5.74, 6) is 0.579. The second-order valence-corrected chi connectivity index (χ2v) is 6.49. The number of nitrogens with zero attached hydrogens (tertiary/aromatic N) is 2. The van der Waals surface area contributed by atoms with Crippen molar-refractivity contribution in [1.82, 2.24) is 4.98 Å². The van der Waals surface area contributed by atoms with Crippen LogP contribution in [0.1, 0.15) is 11.1 Å². The number of benzene rings is 2. The minimum atomic E-state index is -0.455. The molecule has 0 spiro atoms. The Morgan fingerprint density at radius 3 is 2.80 bits per heavy atom. The Hall–Kier alpha value is -3.00. The van der Waals surface area contributed by atoms with E-state index in [1.165, 1.54) is 23.5 Å². The third-order valence-electron chi connectivity index (χ3n) is 3.65. The zero-order chi connectivity index (χ0) is 18.0. The molecule has 128 valence electrons. The van der Waals surface area contributed by atoms with Crippen molar-refractivity contribution in [3.05, 3.63) is 57.6 Å². The Bertz CT molecular complexity index is 968. The number of aryl methyl sites for hydroxylation is 1. The van der Waals surface area contributed by atoms with Crippen molar-refractivity contribution in [2.75, 3.05) is 12.4 Å². The largest absolute Gasteiger partial charge is 0.496 e. The number of aromatic nitrogens is 1. The molecule has 2 aromatic carbocycles. The number of fused-ring (bicyclic) bond motifs is 1. The Kier molecular flexibility index (Phi) is 4.62. The standard InChI is InChI=1S/C17H15N3O4S/c1-10-7-11(3-6-14(10)24-2)8-16(21)19-17-18-13-5-4-12(20(22)23)9-15(13)25-17/h3-7,9H,8H2,1-2H3,(H,18,19,21). The van der Waals surface area contributed by atoms with E-state index in [0.717, 1.165) is 16.9 Å². The second-order valence-electron chi connectivity index (χ2n) is 5.46. The van der Waals surface area contributed by atoms with Crippen LogP contribution >= 0.6 is 11.3 Å². The van der Waals surface area contributed by atoms with Crippen molar-refractivity contribution in [2.24, 2.45) is 0 Å². The highest BCUT2D eigenvalue weighted by Crippen LogP contribution is 2.29. The predicted octanol–water partition coefficient (Wildman–Crippen LogP) is 3.70. The van der Waals surface area contributed by atoms with Gasteiger partial charge < -0.3 is 10.1 Å². The smallest absolute Gasteiger partial charge is 0.270 e. The molecule has 1 heterocycles. The number of ether oxygens (including phenoxy) is 1. The maximum absolute atomic E-state index is 12.2. The van der Waals surface area contributed by atoms with Gasteiger partial charge in [-0.3, -0.25) is 14.9 Å². The van der Waals surface area contributed by atoms with Crippen LogP contribution in [0.25, 0.3) is 10.2 Å². The maximum atomic E-state index is 12.2. The van der Waals surface area contributed by atoms with Gasteiger partial charge in [-0.1, -0.05) is 23.5 Å². The summed E-state index contributed by atoms with van der Waals surface area (Å²) >= 11 is 1.21. The van der Waals surface area contributed by atoms with E-state index in [1.54, 1.807) is 13.2 Å². The fourth-order valence-electron chi connectivity index (χ4n) is 2.48. The molecule has 0 atom stereocenters. The molecule has 1 aromatic heterocycles. The molecule has 0 bridgehead atoms. The number of hydrogen-bond donors (Lipinski definition) is 1. The lowest BCUT2D eigenvalue weighted by molar-refractivity contribution is -0.384. The fraction of sp³-hybridized carbons (Fsp3) is 0.176. The van der Waals surface area contributed by atoms with Crippen LogP contribution in [0.3, 0.4) is 0 Å². The highest BCUT2D eigenvalue weighted by atomic mass is 32.1. The number of thiazole rings is 1. The molecule has 0 aliphatic heterocycles. The van der Waals surface area contributed by atoms with Crippen LogP contribution in [-0.4, -0.2) is 22.9 Å². The number of non-ortho nitro benzene ring substituents is 1. The van der Waals surface area contributed by atoms with Crippen LogP contribution in [0.4, 0.5) is 10.8 Å². The maximum Gasteiger partial charge on any atom is 0.270 e. The van der Waals surface area contributed by atoms with Crippen molar-refractivity contribution >= 4 is 38.3 Å². The van der Waals surface area contributed by atoms with Crippen molar-refractivity contribution in [3.8, 4) is 5.75 Å². The third-order valence-corrected chi connectivity index (χ3v) is 4.59. The van der Waals surface area contributed by atoms with Gasteiger partial charge in [-0.25, -0.2) is 4.98 Å². The zero-order valence-corrected chi connectivity index (χ0v) is 14.4. The second kappa shape index (κ2) is 6.86. The van der Waals surface area contributed by atoms with Crippen molar-refractivity contribution in [3.63, 3.8) is 0 Å². The molecule has 0 fully saturated rings. The number of methoxy groups -OCH3 is 1. The van der Waals surface area contributed by atoms with Gasteiger partial charge in [-0.05, 0) is 30.2 Å². The molecule has 0 aliphatic carbocycles. The molecular formula is C17H15N3O4S. The summed E-state index contributed by atoms with van der Waals surface area (Å²) in [6.07, 6.45) is 0.209. The van der Waals surface area contributed by atoms with Gasteiger partial charge in [0.2, 0.25) is 5.91 Å². The lowest BCUT2D eigenvalue weighted by Crippen LogP contribution is -2.14. The molecule has 0 radical (unpaired) electrons. The normalized spacial score (nSPS) is 10.6. The van der Waals surface area contributed by atoms with E-state index >= 15 is 0 Å². The number of anilines is 1. The number of rotatable bonds is 5. The van der Waals surface area contributed by atoms with Gasteiger partial charge in [0.05, 0.1) is 28.7 Å².